The summed E-state index contributed by atoms with van der Waals surface area (Å²) < 4.78 is 1.98. The minimum atomic E-state index is -0.186. The van der Waals surface area contributed by atoms with E-state index in [-0.39, 0.29) is 11.7 Å². The molecule has 0 spiro atoms. The van der Waals surface area contributed by atoms with Crippen molar-refractivity contribution in [1.82, 2.24) is 20.0 Å². The van der Waals surface area contributed by atoms with Gasteiger partial charge in [0.2, 0.25) is 0 Å². The highest BCUT2D eigenvalue weighted by atomic mass is 32.2. The lowest BCUT2D eigenvalue weighted by atomic mass is 10.3. The average molecular weight is 325 g/mol. The van der Waals surface area contributed by atoms with Crippen LogP contribution in [0, 0.1) is 0 Å². The van der Waals surface area contributed by atoms with E-state index in [2.05, 4.69) is 20.5 Å². The predicted octanol–water partition coefficient (Wildman–Crippen LogP) is 2.21. The molecule has 2 aromatic heterocycles. The molecule has 7 heteroatoms. The monoisotopic (exact) mass is 325 g/mol. The number of carbonyl (C=O) groups excluding carboxylic acids is 1. The van der Waals surface area contributed by atoms with Crippen molar-refractivity contribution in [2.24, 2.45) is 12.1 Å². The number of hydrogen-bond donors (Lipinski definition) is 1. The first-order valence-electron chi connectivity index (χ1n) is 7.01. The smallest absolute Gasteiger partial charge is 0.250 e. The Kier molecular flexibility index (Phi) is 4.68. The van der Waals surface area contributed by atoms with Crippen LogP contribution >= 0.6 is 11.8 Å². The minimum absolute atomic E-state index is 0.186. The number of imidazole rings is 1. The third-order valence-corrected chi connectivity index (χ3v) is 4.18. The molecule has 3 aromatic rings. The fourth-order valence-electron chi connectivity index (χ4n) is 2.04. The van der Waals surface area contributed by atoms with Gasteiger partial charge in [0.25, 0.3) is 5.91 Å². The fourth-order valence-corrected chi connectivity index (χ4v) is 2.82. The second-order valence-electron chi connectivity index (χ2n) is 4.78. The third kappa shape index (κ3) is 3.75. The lowest BCUT2D eigenvalue weighted by Gasteiger charge is -2.01. The molecule has 6 nitrogen and oxygen atoms in total. The van der Waals surface area contributed by atoms with Crippen LogP contribution in [0.3, 0.4) is 0 Å². The first-order valence-corrected chi connectivity index (χ1v) is 8.00. The maximum absolute atomic E-state index is 11.8. The number of pyridine rings is 1. The Bertz CT molecular complexity index is 844. The summed E-state index contributed by atoms with van der Waals surface area (Å²) in [6.45, 7) is 0. The lowest BCUT2D eigenvalue weighted by Crippen LogP contribution is -2.20. The van der Waals surface area contributed by atoms with E-state index in [4.69, 9.17) is 0 Å². The Morgan fingerprint density at radius 2 is 2.13 bits per heavy atom. The van der Waals surface area contributed by atoms with Gasteiger partial charge in [0.1, 0.15) is 0 Å². The molecule has 116 valence electrons. The average Bonchev–Trinajstić information content (AvgIpc) is 2.90. The number of nitrogens with zero attached hydrogens (tertiary/aromatic N) is 4. The molecule has 0 fully saturated rings. The van der Waals surface area contributed by atoms with E-state index in [1.54, 1.807) is 6.20 Å². The van der Waals surface area contributed by atoms with Crippen molar-refractivity contribution >= 4 is 34.9 Å². The van der Waals surface area contributed by atoms with E-state index < -0.39 is 0 Å². The van der Waals surface area contributed by atoms with E-state index in [1.165, 1.54) is 18.0 Å². The van der Waals surface area contributed by atoms with Crippen molar-refractivity contribution in [3.05, 3.63) is 54.4 Å². The number of aryl methyl sites for hydroxylation is 1. The molecule has 3 rings (SSSR count). The van der Waals surface area contributed by atoms with E-state index >= 15 is 0 Å². The molecule has 0 aliphatic rings. The molecule has 0 bridgehead atoms. The van der Waals surface area contributed by atoms with Crippen LogP contribution in [-0.2, 0) is 11.8 Å². The maximum atomic E-state index is 11.8. The molecule has 1 N–H and O–H groups in total. The number of rotatable bonds is 5. The largest absolute Gasteiger partial charge is 0.322 e. The van der Waals surface area contributed by atoms with Crippen LogP contribution in [0.4, 0.5) is 0 Å². The Hall–Kier alpha value is -2.67. The highest BCUT2D eigenvalue weighted by Gasteiger charge is 2.09. The van der Waals surface area contributed by atoms with Gasteiger partial charge in [0.05, 0.1) is 28.7 Å². The molecule has 0 aliphatic heterocycles. The molecule has 23 heavy (non-hydrogen) atoms. The van der Waals surface area contributed by atoms with Crippen LogP contribution in [0.25, 0.3) is 11.0 Å². The Morgan fingerprint density at radius 3 is 2.91 bits per heavy atom. The molecule has 0 radical (unpaired) electrons. The first kappa shape index (κ1) is 15.2. The number of amides is 1. The van der Waals surface area contributed by atoms with Gasteiger partial charge in [-0.15, -0.1) is 0 Å². The van der Waals surface area contributed by atoms with Crippen molar-refractivity contribution < 1.29 is 4.79 Å². The van der Waals surface area contributed by atoms with Crippen LogP contribution in [0.2, 0.25) is 0 Å². The molecule has 0 aliphatic carbocycles. The predicted molar refractivity (Wildman–Crippen MR) is 91.4 cm³/mol. The van der Waals surface area contributed by atoms with Crippen LogP contribution < -0.4 is 5.43 Å². The summed E-state index contributed by atoms with van der Waals surface area (Å²) in [4.78, 5) is 20.4. The van der Waals surface area contributed by atoms with Gasteiger partial charge in [-0.2, -0.15) is 5.10 Å². The molecule has 0 saturated heterocycles. The number of benzene rings is 1. The summed E-state index contributed by atoms with van der Waals surface area (Å²) in [6.07, 6.45) is 3.18. The van der Waals surface area contributed by atoms with Crippen molar-refractivity contribution in [1.29, 1.82) is 0 Å². The van der Waals surface area contributed by atoms with Gasteiger partial charge < -0.3 is 4.57 Å². The summed E-state index contributed by atoms with van der Waals surface area (Å²) >= 11 is 1.38. The van der Waals surface area contributed by atoms with E-state index in [9.17, 15) is 4.79 Å². The van der Waals surface area contributed by atoms with Crippen LogP contribution in [-0.4, -0.2) is 32.4 Å². The quantitative estimate of drug-likeness (QED) is 0.443. The lowest BCUT2D eigenvalue weighted by molar-refractivity contribution is -0.118. The number of carbonyl (C=O) groups is 1. The zero-order valence-electron chi connectivity index (χ0n) is 12.5. The number of aromatic nitrogens is 3. The number of hydrogen-bond acceptors (Lipinski definition) is 5. The van der Waals surface area contributed by atoms with Crippen LogP contribution in [0.1, 0.15) is 5.69 Å². The van der Waals surface area contributed by atoms with Gasteiger partial charge in [0.15, 0.2) is 5.16 Å². The highest BCUT2D eigenvalue weighted by Crippen LogP contribution is 2.22. The van der Waals surface area contributed by atoms with Gasteiger partial charge in [-0.3, -0.25) is 9.78 Å². The SMILES string of the molecule is Cn1c(SCC(=O)N/N=C/c2ccccn2)nc2ccccc21. The zero-order chi connectivity index (χ0) is 16.1. The number of fused-ring (bicyclic) bond motifs is 1. The summed E-state index contributed by atoms with van der Waals surface area (Å²) in [5.74, 6) is 0.0609. The van der Waals surface area contributed by atoms with Crippen molar-refractivity contribution in [2.45, 2.75) is 5.16 Å². The van der Waals surface area contributed by atoms with Gasteiger partial charge in [-0.25, -0.2) is 10.4 Å². The second kappa shape index (κ2) is 7.06. The van der Waals surface area contributed by atoms with Crippen molar-refractivity contribution in [3.63, 3.8) is 0 Å². The summed E-state index contributed by atoms with van der Waals surface area (Å²) in [5, 5.41) is 4.69. The topological polar surface area (TPSA) is 72.2 Å². The molecule has 0 saturated carbocycles. The van der Waals surface area contributed by atoms with Crippen molar-refractivity contribution in [2.75, 3.05) is 5.75 Å². The summed E-state index contributed by atoms with van der Waals surface area (Å²) in [7, 11) is 1.94. The van der Waals surface area contributed by atoms with Crippen LogP contribution in [0.5, 0.6) is 0 Å². The van der Waals surface area contributed by atoms with E-state index in [0.29, 0.717) is 5.69 Å². The van der Waals surface area contributed by atoms with Crippen molar-refractivity contribution in [3.8, 4) is 0 Å². The first-order chi connectivity index (χ1) is 11.2. The molecular weight excluding hydrogens is 310 g/mol. The molecule has 0 atom stereocenters. The molecule has 1 amide bonds. The van der Waals surface area contributed by atoms with Gasteiger partial charge in [-0.1, -0.05) is 30.0 Å². The molecule has 0 unspecified atom stereocenters. The Morgan fingerprint density at radius 1 is 1.30 bits per heavy atom. The standard InChI is InChI=1S/C16H15N5OS/c1-21-14-8-3-2-7-13(14)19-16(21)23-11-15(22)20-18-10-12-6-4-5-9-17-12/h2-10H,11H2,1H3,(H,20,22)/b18-10+. The summed E-state index contributed by atoms with van der Waals surface area (Å²) in [5.41, 5.74) is 5.15. The highest BCUT2D eigenvalue weighted by molar-refractivity contribution is 7.99. The second-order valence-corrected chi connectivity index (χ2v) is 5.72. The maximum Gasteiger partial charge on any atom is 0.250 e. The summed E-state index contributed by atoms with van der Waals surface area (Å²) in [6, 6.07) is 13.4. The molecule has 2 heterocycles. The number of nitrogens with one attached hydrogen (secondary N) is 1. The number of thioether (sulfide) groups is 1. The normalized spacial score (nSPS) is 11.2. The molecule has 1 aromatic carbocycles. The zero-order valence-corrected chi connectivity index (χ0v) is 13.3. The van der Waals surface area contributed by atoms with Gasteiger partial charge in [-0.05, 0) is 24.3 Å². The third-order valence-electron chi connectivity index (χ3n) is 3.15. The van der Waals surface area contributed by atoms with Gasteiger partial charge >= 0.3 is 0 Å². The van der Waals surface area contributed by atoms with Gasteiger partial charge in [0, 0.05) is 13.2 Å². The van der Waals surface area contributed by atoms with E-state index in [1.807, 2.05) is 54.1 Å². The Balaban J connectivity index is 1.56. The number of para-hydroxylation sites is 2. The molecular formula is C16H15N5OS. The Labute approximate surface area is 137 Å². The fraction of sp³-hybridized carbons (Fsp3) is 0.125. The minimum Gasteiger partial charge on any atom is -0.322 e. The number of hydrazone groups is 1. The van der Waals surface area contributed by atoms with E-state index in [0.717, 1.165) is 16.2 Å². The van der Waals surface area contributed by atoms with Crippen LogP contribution in [0.15, 0.2) is 58.9 Å².